The van der Waals surface area contributed by atoms with E-state index in [1.807, 2.05) is 0 Å². The summed E-state index contributed by atoms with van der Waals surface area (Å²) in [6.45, 7) is 1.78. The van der Waals surface area contributed by atoms with Crippen LogP contribution in [0.5, 0.6) is 0 Å². The van der Waals surface area contributed by atoms with Crippen molar-refractivity contribution >= 4 is 54.8 Å². The van der Waals surface area contributed by atoms with Crippen LogP contribution in [0.1, 0.15) is 44.9 Å². The van der Waals surface area contributed by atoms with Crippen LogP contribution in [-0.2, 0) is 15.5 Å². The molecule has 0 saturated heterocycles. The molecule has 186 valence electrons. The number of carbonyl (C=O) groups excluding carboxylic acids is 2. The van der Waals surface area contributed by atoms with E-state index in [1.54, 1.807) is 37.4 Å². The Morgan fingerprint density at radius 2 is 2.08 bits per heavy atom. The molecular formula is C23H21BrClN7O3S. The largest absolute Gasteiger partial charge is 0.349 e. The molecule has 0 bridgehead atoms. The number of amides is 2. The Kier molecular flexibility index (Phi) is 7.44. The van der Waals surface area contributed by atoms with E-state index in [2.05, 4.69) is 41.0 Å². The van der Waals surface area contributed by atoms with E-state index in [4.69, 9.17) is 16.9 Å². The zero-order chi connectivity index (χ0) is 26.0. The fourth-order valence-electron chi connectivity index (χ4n) is 3.51. The number of aryl methyl sites for hydroxylation is 1. The van der Waals surface area contributed by atoms with Crippen LogP contribution in [0.2, 0.25) is 5.02 Å². The van der Waals surface area contributed by atoms with Crippen LogP contribution >= 0.6 is 27.5 Å². The van der Waals surface area contributed by atoms with Gasteiger partial charge in [0.15, 0.2) is 5.82 Å². The average Bonchev–Trinajstić information content (AvgIpc) is 3.52. The van der Waals surface area contributed by atoms with Crippen molar-refractivity contribution in [2.45, 2.75) is 31.6 Å². The highest BCUT2D eigenvalue weighted by atomic mass is 79.9. The summed E-state index contributed by atoms with van der Waals surface area (Å²) in [5, 5.41) is 19.2. The summed E-state index contributed by atoms with van der Waals surface area (Å²) in [7, 11) is -2.91. The van der Waals surface area contributed by atoms with Gasteiger partial charge in [-0.05, 0) is 55.7 Å². The zero-order valence-corrected chi connectivity index (χ0v) is 22.4. The van der Waals surface area contributed by atoms with Gasteiger partial charge in [-0.25, -0.2) is 13.9 Å². The van der Waals surface area contributed by atoms with Crippen molar-refractivity contribution in [2.75, 3.05) is 11.6 Å². The van der Waals surface area contributed by atoms with E-state index in [0.29, 0.717) is 21.3 Å². The first-order valence-electron chi connectivity index (χ1n) is 10.8. The third-order valence-electron chi connectivity index (χ3n) is 5.28. The minimum atomic E-state index is -2.91. The molecule has 1 unspecified atom stereocenters. The number of nitrogens with one attached hydrogen (secondary N) is 2. The lowest BCUT2D eigenvalue weighted by atomic mass is 10.1. The maximum absolute atomic E-state index is 13.5. The molecular weight excluding hydrogens is 570 g/mol. The van der Waals surface area contributed by atoms with Crippen molar-refractivity contribution < 1.29 is 13.8 Å². The second-order valence-corrected chi connectivity index (χ2v) is 12.1. The topological polar surface area (TPSA) is 142 Å². The standard InChI is InChI=1S/C23H21BrClN7O3S/c1-13-8-14(24)9-17(22(33)29-15-5-6-15)20(13)30-23(34)19-10-16(11-36(2,35)28-12-26)31-32(19)21-18(25)4-3-7-27-21/h3-4,7-10,15H,5-6,11H2,1-2H3,(H,29,33)(H,30,34). The van der Waals surface area contributed by atoms with E-state index >= 15 is 0 Å². The molecule has 0 aliphatic heterocycles. The normalized spacial score (nSPS) is 14.4. The maximum Gasteiger partial charge on any atom is 0.274 e. The van der Waals surface area contributed by atoms with Gasteiger partial charge in [0.25, 0.3) is 11.8 Å². The number of hydrogen-bond acceptors (Lipinski definition) is 7. The van der Waals surface area contributed by atoms with Crippen LogP contribution < -0.4 is 10.6 Å². The van der Waals surface area contributed by atoms with Crippen molar-refractivity contribution in [3.63, 3.8) is 0 Å². The van der Waals surface area contributed by atoms with E-state index in [1.165, 1.54) is 23.2 Å². The van der Waals surface area contributed by atoms with Gasteiger partial charge in [0, 0.05) is 23.0 Å². The summed E-state index contributed by atoms with van der Waals surface area (Å²) in [5.74, 6) is -0.844. The minimum Gasteiger partial charge on any atom is -0.349 e. The van der Waals surface area contributed by atoms with Gasteiger partial charge in [-0.3, -0.25) is 9.59 Å². The molecule has 1 aliphatic carbocycles. The molecule has 1 aromatic carbocycles. The average molecular weight is 591 g/mol. The summed E-state index contributed by atoms with van der Waals surface area (Å²) < 4.78 is 18.0. The summed E-state index contributed by atoms with van der Waals surface area (Å²) in [6.07, 6.45) is 6.23. The molecule has 1 atom stereocenters. The fraction of sp³-hybridized carbons (Fsp3) is 0.261. The van der Waals surface area contributed by atoms with Crippen LogP contribution in [0.25, 0.3) is 5.82 Å². The number of anilines is 1. The Morgan fingerprint density at radius 1 is 1.33 bits per heavy atom. The highest BCUT2D eigenvalue weighted by Crippen LogP contribution is 2.29. The quantitative estimate of drug-likeness (QED) is 0.395. The third kappa shape index (κ3) is 5.92. The number of nitriles is 1. The van der Waals surface area contributed by atoms with E-state index < -0.39 is 15.6 Å². The first-order chi connectivity index (χ1) is 17.1. The molecule has 4 rings (SSSR count). The van der Waals surface area contributed by atoms with Crippen LogP contribution in [0, 0.1) is 18.4 Å². The number of pyridine rings is 1. The van der Waals surface area contributed by atoms with Crippen molar-refractivity contribution in [2.24, 2.45) is 4.36 Å². The Labute approximate surface area is 221 Å². The van der Waals surface area contributed by atoms with Crippen molar-refractivity contribution in [1.29, 1.82) is 5.26 Å². The maximum atomic E-state index is 13.5. The van der Waals surface area contributed by atoms with E-state index in [9.17, 15) is 13.8 Å². The molecule has 0 radical (unpaired) electrons. The molecule has 2 heterocycles. The first kappa shape index (κ1) is 25.8. The minimum absolute atomic E-state index is 0.0497. The number of halogens is 2. The Hall–Kier alpha value is -3.27. The molecule has 10 nitrogen and oxygen atoms in total. The highest BCUT2D eigenvalue weighted by Gasteiger charge is 2.27. The molecule has 2 N–H and O–H groups in total. The number of hydrogen-bond donors (Lipinski definition) is 2. The molecule has 1 fully saturated rings. The monoisotopic (exact) mass is 589 g/mol. The highest BCUT2D eigenvalue weighted by molar-refractivity contribution is 9.10. The van der Waals surface area contributed by atoms with Crippen LogP contribution in [0.4, 0.5) is 5.69 Å². The molecule has 36 heavy (non-hydrogen) atoms. The van der Waals surface area contributed by atoms with Crippen molar-refractivity contribution in [3.8, 4) is 12.0 Å². The van der Waals surface area contributed by atoms with Gasteiger partial charge in [0.05, 0.1) is 37.4 Å². The van der Waals surface area contributed by atoms with Crippen LogP contribution in [0.15, 0.2) is 45.4 Å². The Bertz CT molecular complexity index is 1530. The predicted molar refractivity (Wildman–Crippen MR) is 140 cm³/mol. The number of carbonyl (C=O) groups is 2. The summed E-state index contributed by atoms with van der Waals surface area (Å²) >= 11 is 9.73. The molecule has 2 amide bonds. The van der Waals surface area contributed by atoms with E-state index in [0.717, 1.165) is 12.8 Å². The lowest BCUT2D eigenvalue weighted by Crippen LogP contribution is -2.27. The second kappa shape index (κ2) is 10.4. The SMILES string of the molecule is Cc1cc(Br)cc(C(=O)NC2CC2)c1NC(=O)c1cc(CS(C)(=O)=NC#N)nn1-c1ncccc1Cl. The lowest BCUT2D eigenvalue weighted by molar-refractivity contribution is 0.0952. The second-order valence-electron chi connectivity index (χ2n) is 8.38. The lowest BCUT2D eigenvalue weighted by Gasteiger charge is -2.15. The van der Waals surface area contributed by atoms with E-state index in [-0.39, 0.29) is 39.9 Å². The van der Waals surface area contributed by atoms with Gasteiger partial charge in [-0.1, -0.05) is 27.5 Å². The Morgan fingerprint density at radius 3 is 2.75 bits per heavy atom. The number of benzene rings is 1. The van der Waals surface area contributed by atoms with Crippen molar-refractivity contribution in [3.05, 3.63) is 68.5 Å². The van der Waals surface area contributed by atoms with Gasteiger partial charge in [0.2, 0.25) is 6.19 Å². The fourth-order valence-corrected chi connectivity index (χ4v) is 5.21. The van der Waals surface area contributed by atoms with Crippen LogP contribution in [0.3, 0.4) is 0 Å². The smallest absolute Gasteiger partial charge is 0.274 e. The molecule has 1 saturated carbocycles. The third-order valence-corrected chi connectivity index (χ3v) is 7.33. The summed E-state index contributed by atoms with van der Waals surface area (Å²) in [4.78, 5) is 30.7. The molecule has 3 aromatic rings. The molecule has 1 aliphatic rings. The summed E-state index contributed by atoms with van der Waals surface area (Å²) in [5.41, 5.74) is 1.64. The van der Waals surface area contributed by atoms with Crippen molar-refractivity contribution in [1.82, 2.24) is 20.1 Å². The number of rotatable bonds is 7. The molecule has 2 aromatic heterocycles. The van der Waals surface area contributed by atoms with Crippen LogP contribution in [-0.4, -0.2) is 43.1 Å². The number of aromatic nitrogens is 3. The Balaban J connectivity index is 1.76. The van der Waals surface area contributed by atoms with Gasteiger partial charge in [-0.15, -0.1) is 4.36 Å². The van der Waals surface area contributed by atoms with Gasteiger partial charge < -0.3 is 10.6 Å². The molecule has 0 spiro atoms. The van der Waals surface area contributed by atoms with Gasteiger partial charge in [0.1, 0.15) is 5.69 Å². The predicted octanol–water partition coefficient (Wildman–Crippen LogP) is 4.22. The molecule has 13 heteroatoms. The zero-order valence-electron chi connectivity index (χ0n) is 19.3. The number of nitrogens with zero attached hydrogens (tertiary/aromatic N) is 5. The van der Waals surface area contributed by atoms with Gasteiger partial charge in [-0.2, -0.15) is 10.4 Å². The first-order valence-corrected chi connectivity index (χ1v) is 14.0. The van der Waals surface area contributed by atoms with Gasteiger partial charge >= 0.3 is 0 Å². The summed E-state index contributed by atoms with van der Waals surface area (Å²) in [6, 6.07) is 8.25.